The number of pyridine rings is 1. The number of fused-ring (bicyclic) bond motifs is 4. The molecule has 1 saturated heterocycles. The second-order valence-corrected chi connectivity index (χ2v) is 13.7. The van der Waals surface area contributed by atoms with Crippen LogP contribution in [0.2, 0.25) is 0 Å². The number of aryl methyl sites for hydroxylation is 2. The van der Waals surface area contributed by atoms with E-state index in [1.165, 1.54) is 4.31 Å². The minimum absolute atomic E-state index is 0.110. The number of morpholine rings is 1. The summed E-state index contributed by atoms with van der Waals surface area (Å²) in [6.45, 7) is 5.83. The van der Waals surface area contributed by atoms with Gasteiger partial charge in [-0.25, -0.2) is 18.1 Å². The summed E-state index contributed by atoms with van der Waals surface area (Å²) in [6.07, 6.45) is 3.70. The molecule has 2 aliphatic heterocycles. The Hall–Kier alpha value is -3.87. The van der Waals surface area contributed by atoms with E-state index in [4.69, 9.17) is 4.74 Å². The molecule has 224 valence electrons. The van der Waals surface area contributed by atoms with Crippen LogP contribution < -0.4 is 4.90 Å². The van der Waals surface area contributed by atoms with Gasteiger partial charge in [-0.2, -0.15) is 4.31 Å². The molecule has 2 fully saturated rings. The molecule has 0 unspecified atom stereocenters. The Kier molecular flexibility index (Phi) is 6.94. The monoisotopic (exact) mass is 602 g/mol. The van der Waals surface area contributed by atoms with Gasteiger partial charge in [-0.3, -0.25) is 4.79 Å². The largest absolute Gasteiger partial charge is 0.481 e. The maximum absolute atomic E-state index is 14.0. The topological polar surface area (TPSA) is 131 Å². The molecule has 0 bridgehead atoms. The van der Waals surface area contributed by atoms with E-state index in [1.807, 2.05) is 53.8 Å². The van der Waals surface area contributed by atoms with Gasteiger partial charge in [-0.05, 0) is 72.7 Å². The van der Waals surface area contributed by atoms with Gasteiger partial charge in [0.25, 0.3) is 0 Å². The van der Waals surface area contributed by atoms with Crippen LogP contribution in [-0.2, 0) is 26.1 Å². The Morgan fingerprint density at radius 2 is 1.98 bits per heavy atom. The summed E-state index contributed by atoms with van der Waals surface area (Å²) in [5.41, 5.74) is 6.11. The van der Waals surface area contributed by atoms with Crippen molar-refractivity contribution in [2.45, 2.75) is 62.6 Å². The number of carbonyl (C=O) groups is 1. The molecule has 4 heterocycles. The number of hydrogen-bond donors (Lipinski definition) is 1. The number of benzene rings is 2. The summed E-state index contributed by atoms with van der Waals surface area (Å²) >= 11 is 0. The highest BCUT2D eigenvalue weighted by atomic mass is 32.2. The quantitative estimate of drug-likeness (QED) is 0.336. The molecule has 43 heavy (non-hydrogen) atoms. The van der Waals surface area contributed by atoms with Gasteiger partial charge in [0.1, 0.15) is 16.2 Å². The molecule has 2 atom stereocenters. The van der Waals surface area contributed by atoms with Crippen molar-refractivity contribution in [3.8, 4) is 0 Å². The van der Waals surface area contributed by atoms with E-state index in [1.54, 1.807) is 18.3 Å². The summed E-state index contributed by atoms with van der Waals surface area (Å²) in [5, 5.41) is 18.8. The van der Waals surface area contributed by atoms with E-state index in [0.717, 1.165) is 51.7 Å². The number of carboxylic acids is 1. The third-order valence-corrected chi connectivity index (χ3v) is 10.8. The first-order valence-electron chi connectivity index (χ1n) is 14.7. The van der Waals surface area contributed by atoms with Crippen molar-refractivity contribution in [2.75, 3.05) is 31.2 Å². The molecule has 3 aliphatic rings. The first-order valence-corrected chi connectivity index (χ1v) is 16.1. The van der Waals surface area contributed by atoms with Crippen LogP contribution in [0, 0.1) is 13.8 Å². The Morgan fingerprint density at radius 1 is 1.14 bits per heavy atom. The zero-order chi connectivity index (χ0) is 29.9. The molecule has 2 aromatic heterocycles. The lowest BCUT2D eigenvalue weighted by atomic mass is 9.84. The number of hydrogen-bond acceptors (Lipinski definition) is 8. The van der Waals surface area contributed by atoms with E-state index in [2.05, 4.69) is 15.3 Å². The SMILES string of the molecule is Cc1ccc([C@@H](CC(=O)O)c2ccc3c(nnn3C3CC3)c2C)cc1CN1C[C@@H]2COCCN2c2ncccc2S1(=O)=O. The highest BCUT2D eigenvalue weighted by Crippen LogP contribution is 2.39. The van der Waals surface area contributed by atoms with Crippen molar-refractivity contribution in [1.29, 1.82) is 0 Å². The maximum Gasteiger partial charge on any atom is 0.304 e. The Morgan fingerprint density at radius 3 is 2.77 bits per heavy atom. The number of aromatic nitrogens is 4. The molecular weight excluding hydrogens is 568 g/mol. The zero-order valence-corrected chi connectivity index (χ0v) is 25.0. The maximum atomic E-state index is 14.0. The van der Waals surface area contributed by atoms with Crippen molar-refractivity contribution in [2.24, 2.45) is 0 Å². The molecule has 12 heteroatoms. The molecule has 11 nitrogen and oxygen atoms in total. The van der Waals surface area contributed by atoms with Gasteiger partial charge < -0.3 is 14.7 Å². The molecular formula is C31H34N6O5S. The van der Waals surface area contributed by atoms with Crippen LogP contribution in [0.4, 0.5) is 5.82 Å². The lowest BCUT2D eigenvalue weighted by Crippen LogP contribution is -2.50. The van der Waals surface area contributed by atoms with E-state index >= 15 is 0 Å². The standard InChI is InChI=1S/C31H34N6O5S/c1-19-5-6-21(26(15-29(38)39)25-9-10-27-30(20(25)2)33-34-37(27)23-7-8-23)14-22(19)16-35-17-24-18-42-13-12-36(24)31-28(43(35,40)41)4-3-11-32-31/h3-6,9-11,14,23-24,26H,7-8,12-13,15-18H2,1-2H3,(H,38,39)/t24-,26-/m1/s1. The van der Waals surface area contributed by atoms with Gasteiger partial charge >= 0.3 is 5.97 Å². The molecule has 0 spiro atoms. The van der Waals surface area contributed by atoms with E-state index in [0.29, 0.717) is 31.6 Å². The third-order valence-electron chi connectivity index (χ3n) is 8.99. The van der Waals surface area contributed by atoms with Gasteiger partial charge in [0.05, 0.1) is 37.2 Å². The van der Waals surface area contributed by atoms with Gasteiger partial charge in [0.15, 0.2) is 0 Å². The first-order chi connectivity index (χ1) is 20.7. The van der Waals surface area contributed by atoms with Gasteiger partial charge in [0.2, 0.25) is 10.0 Å². The summed E-state index contributed by atoms with van der Waals surface area (Å²) in [7, 11) is -3.87. The fourth-order valence-electron chi connectivity index (χ4n) is 6.48. The third kappa shape index (κ3) is 4.96. The zero-order valence-electron chi connectivity index (χ0n) is 24.2. The highest BCUT2D eigenvalue weighted by molar-refractivity contribution is 7.89. The first kappa shape index (κ1) is 27.9. The number of rotatable bonds is 7. The predicted octanol–water partition coefficient (Wildman–Crippen LogP) is 3.79. The minimum atomic E-state index is -3.87. The van der Waals surface area contributed by atoms with Crippen LogP contribution in [0.15, 0.2) is 53.6 Å². The number of nitrogens with zero attached hydrogens (tertiary/aromatic N) is 6. The second-order valence-electron chi connectivity index (χ2n) is 11.8. The molecule has 4 aromatic rings. The van der Waals surface area contributed by atoms with Crippen LogP contribution in [0.1, 0.15) is 59.0 Å². The van der Waals surface area contributed by atoms with Gasteiger partial charge in [-0.1, -0.05) is 29.5 Å². The molecule has 0 amide bonds. The number of sulfonamides is 1. The number of anilines is 1. The number of aliphatic carboxylic acids is 1. The summed E-state index contributed by atoms with van der Waals surface area (Å²) in [4.78, 5) is 18.8. The van der Waals surface area contributed by atoms with E-state index in [9.17, 15) is 18.3 Å². The van der Waals surface area contributed by atoms with Crippen molar-refractivity contribution >= 4 is 32.8 Å². The molecule has 1 aliphatic carbocycles. The van der Waals surface area contributed by atoms with Crippen molar-refractivity contribution < 1.29 is 23.1 Å². The highest BCUT2D eigenvalue weighted by Gasteiger charge is 2.39. The van der Waals surface area contributed by atoms with Crippen molar-refractivity contribution in [1.82, 2.24) is 24.3 Å². The van der Waals surface area contributed by atoms with Crippen LogP contribution in [-0.4, -0.2) is 76.1 Å². The smallest absolute Gasteiger partial charge is 0.304 e. The lowest BCUT2D eigenvalue weighted by molar-refractivity contribution is -0.137. The molecule has 2 aromatic carbocycles. The van der Waals surface area contributed by atoms with Crippen LogP contribution in [0.5, 0.6) is 0 Å². The van der Waals surface area contributed by atoms with Crippen LogP contribution in [0.25, 0.3) is 11.0 Å². The normalized spacial score (nSPS) is 20.8. The Balaban J connectivity index is 1.26. The van der Waals surface area contributed by atoms with E-state index < -0.39 is 21.9 Å². The molecule has 7 rings (SSSR count). The van der Waals surface area contributed by atoms with Crippen LogP contribution in [0.3, 0.4) is 0 Å². The number of ether oxygens (including phenoxy) is 1. The number of carboxylic acid groups (broad SMARTS) is 1. The molecule has 0 radical (unpaired) electrons. The summed E-state index contributed by atoms with van der Waals surface area (Å²) in [6, 6.07) is 13.3. The molecule has 1 N–H and O–H groups in total. The Bertz CT molecular complexity index is 1840. The Labute approximate surface area is 250 Å². The summed E-state index contributed by atoms with van der Waals surface area (Å²) < 4.78 is 37.3. The summed E-state index contributed by atoms with van der Waals surface area (Å²) in [5.74, 6) is -0.889. The minimum Gasteiger partial charge on any atom is -0.481 e. The fourth-order valence-corrected chi connectivity index (χ4v) is 8.08. The molecule has 1 saturated carbocycles. The van der Waals surface area contributed by atoms with E-state index in [-0.39, 0.29) is 30.4 Å². The van der Waals surface area contributed by atoms with Crippen LogP contribution >= 0.6 is 0 Å². The average molecular weight is 603 g/mol. The second kappa shape index (κ2) is 10.7. The lowest BCUT2D eigenvalue weighted by Gasteiger charge is -2.36. The van der Waals surface area contributed by atoms with Gasteiger partial charge in [0, 0.05) is 31.7 Å². The van der Waals surface area contributed by atoms with Crippen molar-refractivity contribution in [3.05, 3.63) is 76.5 Å². The predicted molar refractivity (Wildman–Crippen MR) is 160 cm³/mol. The fraction of sp³-hybridized carbons (Fsp3) is 0.419. The van der Waals surface area contributed by atoms with Gasteiger partial charge in [-0.15, -0.1) is 5.10 Å². The van der Waals surface area contributed by atoms with Crippen molar-refractivity contribution in [3.63, 3.8) is 0 Å². The average Bonchev–Trinajstić information content (AvgIpc) is 3.76.